The smallest absolute Gasteiger partial charge is 0.0543 e. The Kier molecular flexibility index (Phi) is 6.72. The van der Waals surface area contributed by atoms with Crippen LogP contribution in [0.25, 0.3) is 0 Å². The van der Waals surface area contributed by atoms with Crippen LogP contribution in [-0.2, 0) is 4.74 Å². The minimum Gasteiger partial charge on any atom is -0.382 e. The summed E-state index contributed by atoms with van der Waals surface area (Å²) in [7, 11) is 1.80. The fourth-order valence-electron chi connectivity index (χ4n) is 2.97. The van der Waals surface area contributed by atoms with E-state index in [4.69, 9.17) is 4.74 Å². The normalized spacial score (nSPS) is 18.2. The zero-order valence-corrected chi connectivity index (χ0v) is 13.9. The molecular formula is C19H31NO. The lowest BCUT2D eigenvalue weighted by molar-refractivity contribution is 0.106. The van der Waals surface area contributed by atoms with E-state index < -0.39 is 0 Å². The SMILES string of the molecule is CCCNC(CCC(C)OC)c1ccc(C2CCC2)cc1. The molecule has 1 aliphatic carbocycles. The molecule has 118 valence electrons. The van der Waals surface area contributed by atoms with Crippen LogP contribution >= 0.6 is 0 Å². The fraction of sp³-hybridized carbons (Fsp3) is 0.684. The van der Waals surface area contributed by atoms with Crippen molar-refractivity contribution in [3.8, 4) is 0 Å². The van der Waals surface area contributed by atoms with E-state index in [1.54, 1.807) is 7.11 Å². The van der Waals surface area contributed by atoms with Crippen molar-refractivity contribution in [3.05, 3.63) is 35.4 Å². The van der Waals surface area contributed by atoms with Gasteiger partial charge in [-0.05, 0) is 62.6 Å². The van der Waals surface area contributed by atoms with Crippen molar-refractivity contribution >= 4 is 0 Å². The molecule has 2 rings (SSSR count). The van der Waals surface area contributed by atoms with Gasteiger partial charge in [0, 0.05) is 13.2 Å². The van der Waals surface area contributed by atoms with Gasteiger partial charge in [-0.25, -0.2) is 0 Å². The van der Waals surface area contributed by atoms with Gasteiger partial charge in [0.1, 0.15) is 0 Å². The van der Waals surface area contributed by atoms with Gasteiger partial charge in [0.05, 0.1) is 6.10 Å². The van der Waals surface area contributed by atoms with Crippen molar-refractivity contribution in [2.45, 2.75) is 70.4 Å². The molecule has 2 nitrogen and oxygen atoms in total. The molecule has 1 aromatic carbocycles. The summed E-state index contributed by atoms with van der Waals surface area (Å²) in [6.45, 7) is 5.45. The summed E-state index contributed by atoms with van der Waals surface area (Å²) in [6.07, 6.45) is 7.91. The van der Waals surface area contributed by atoms with Gasteiger partial charge in [-0.3, -0.25) is 0 Å². The van der Waals surface area contributed by atoms with E-state index in [9.17, 15) is 0 Å². The third-order valence-corrected chi connectivity index (χ3v) is 4.82. The highest BCUT2D eigenvalue weighted by Crippen LogP contribution is 2.36. The predicted molar refractivity (Wildman–Crippen MR) is 89.8 cm³/mol. The second-order valence-electron chi connectivity index (χ2n) is 6.42. The minimum atomic E-state index is 0.338. The van der Waals surface area contributed by atoms with Crippen molar-refractivity contribution in [2.24, 2.45) is 0 Å². The third kappa shape index (κ3) is 4.82. The molecule has 0 aromatic heterocycles. The second-order valence-corrected chi connectivity index (χ2v) is 6.42. The molecular weight excluding hydrogens is 258 g/mol. The van der Waals surface area contributed by atoms with Gasteiger partial charge >= 0.3 is 0 Å². The molecule has 0 aliphatic heterocycles. The van der Waals surface area contributed by atoms with Crippen LogP contribution in [0.5, 0.6) is 0 Å². The molecule has 1 fully saturated rings. The fourth-order valence-corrected chi connectivity index (χ4v) is 2.97. The van der Waals surface area contributed by atoms with Crippen molar-refractivity contribution < 1.29 is 4.74 Å². The van der Waals surface area contributed by atoms with Gasteiger partial charge in [-0.15, -0.1) is 0 Å². The van der Waals surface area contributed by atoms with Crippen molar-refractivity contribution in [2.75, 3.05) is 13.7 Å². The first-order valence-electron chi connectivity index (χ1n) is 8.60. The highest BCUT2D eigenvalue weighted by molar-refractivity contribution is 5.28. The van der Waals surface area contributed by atoms with E-state index >= 15 is 0 Å². The van der Waals surface area contributed by atoms with Crippen LogP contribution in [0, 0.1) is 0 Å². The van der Waals surface area contributed by atoms with E-state index in [1.165, 1.54) is 36.8 Å². The number of hydrogen-bond acceptors (Lipinski definition) is 2. The summed E-state index contributed by atoms with van der Waals surface area (Å²) in [5, 5.41) is 3.69. The molecule has 21 heavy (non-hydrogen) atoms. The highest BCUT2D eigenvalue weighted by Gasteiger charge is 2.20. The van der Waals surface area contributed by atoms with Crippen molar-refractivity contribution in [1.29, 1.82) is 0 Å². The third-order valence-electron chi connectivity index (χ3n) is 4.82. The van der Waals surface area contributed by atoms with Gasteiger partial charge in [-0.1, -0.05) is 37.6 Å². The topological polar surface area (TPSA) is 21.3 Å². The molecule has 2 unspecified atom stereocenters. The largest absolute Gasteiger partial charge is 0.382 e. The molecule has 0 amide bonds. The number of ether oxygens (including phenoxy) is 1. The van der Waals surface area contributed by atoms with Crippen molar-refractivity contribution in [3.63, 3.8) is 0 Å². The maximum absolute atomic E-state index is 5.39. The average Bonchev–Trinajstić information content (AvgIpc) is 2.46. The van der Waals surface area contributed by atoms with Crippen LogP contribution in [0.1, 0.15) is 75.5 Å². The highest BCUT2D eigenvalue weighted by atomic mass is 16.5. The molecule has 0 saturated heterocycles. The van der Waals surface area contributed by atoms with Gasteiger partial charge in [0.25, 0.3) is 0 Å². The second kappa shape index (κ2) is 8.55. The summed E-state index contributed by atoms with van der Waals surface area (Å²) in [6, 6.07) is 9.81. The lowest BCUT2D eigenvalue weighted by Gasteiger charge is -2.26. The minimum absolute atomic E-state index is 0.338. The molecule has 1 saturated carbocycles. The molecule has 1 aromatic rings. The Labute approximate surface area is 130 Å². The Bertz CT molecular complexity index is 397. The summed E-state index contributed by atoms with van der Waals surface area (Å²) in [5.74, 6) is 0.828. The van der Waals surface area contributed by atoms with Crippen LogP contribution in [0.4, 0.5) is 0 Å². The maximum Gasteiger partial charge on any atom is 0.0543 e. The van der Waals surface area contributed by atoms with Crippen LogP contribution in [-0.4, -0.2) is 19.8 Å². The Hall–Kier alpha value is -0.860. The monoisotopic (exact) mass is 289 g/mol. The number of nitrogens with one attached hydrogen (secondary N) is 1. The Morgan fingerprint density at radius 2 is 1.90 bits per heavy atom. The van der Waals surface area contributed by atoms with Gasteiger partial charge < -0.3 is 10.1 Å². The standard InChI is InChI=1S/C19H31NO/c1-4-14-20-19(13-8-15(2)21-3)18-11-9-17(10-12-18)16-6-5-7-16/h9-12,15-16,19-20H,4-8,13-14H2,1-3H3. The van der Waals surface area contributed by atoms with E-state index in [1.807, 2.05) is 0 Å². The number of rotatable bonds is 9. The molecule has 2 atom stereocenters. The first-order valence-corrected chi connectivity index (χ1v) is 8.60. The van der Waals surface area contributed by atoms with Crippen molar-refractivity contribution in [1.82, 2.24) is 5.32 Å². The van der Waals surface area contributed by atoms with Crippen LogP contribution in [0.15, 0.2) is 24.3 Å². The zero-order chi connectivity index (χ0) is 15.1. The lowest BCUT2D eigenvalue weighted by atomic mass is 9.79. The molecule has 1 N–H and O–H groups in total. The molecule has 0 radical (unpaired) electrons. The summed E-state index contributed by atoms with van der Waals surface area (Å²) < 4.78 is 5.39. The van der Waals surface area contributed by atoms with E-state index in [0.717, 1.165) is 25.3 Å². The summed E-state index contributed by atoms with van der Waals surface area (Å²) >= 11 is 0. The zero-order valence-electron chi connectivity index (χ0n) is 13.9. The van der Waals surface area contributed by atoms with E-state index in [2.05, 4.69) is 43.4 Å². The first-order chi connectivity index (χ1) is 10.2. The lowest BCUT2D eigenvalue weighted by Crippen LogP contribution is -2.23. The molecule has 0 heterocycles. The summed E-state index contributed by atoms with van der Waals surface area (Å²) in [4.78, 5) is 0. The quantitative estimate of drug-likeness (QED) is 0.704. The Morgan fingerprint density at radius 1 is 1.19 bits per heavy atom. The van der Waals surface area contributed by atoms with Gasteiger partial charge in [0.15, 0.2) is 0 Å². The first kappa shape index (κ1) is 16.5. The van der Waals surface area contributed by atoms with Gasteiger partial charge in [0.2, 0.25) is 0 Å². The number of hydrogen-bond donors (Lipinski definition) is 1. The molecule has 0 bridgehead atoms. The van der Waals surface area contributed by atoms with Crippen LogP contribution < -0.4 is 5.32 Å². The Balaban J connectivity index is 1.96. The molecule has 1 aliphatic rings. The van der Waals surface area contributed by atoms with E-state index in [0.29, 0.717) is 12.1 Å². The molecule has 2 heteroatoms. The molecule has 0 spiro atoms. The maximum atomic E-state index is 5.39. The predicted octanol–water partition coefficient (Wildman–Crippen LogP) is 4.81. The van der Waals surface area contributed by atoms with Crippen LogP contribution in [0.3, 0.4) is 0 Å². The number of benzene rings is 1. The van der Waals surface area contributed by atoms with Crippen LogP contribution in [0.2, 0.25) is 0 Å². The van der Waals surface area contributed by atoms with E-state index in [-0.39, 0.29) is 0 Å². The van der Waals surface area contributed by atoms with Gasteiger partial charge in [-0.2, -0.15) is 0 Å². The summed E-state index contributed by atoms with van der Waals surface area (Å²) in [5.41, 5.74) is 2.96. The average molecular weight is 289 g/mol. The Morgan fingerprint density at radius 3 is 2.43 bits per heavy atom. The number of methoxy groups -OCH3 is 1.